The van der Waals surface area contributed by atoms with Gasteiger partial charge in [0.15, 0.2) is 0 Å². The van der Waals surface area contributed by atoms with Gasteiger partial charge in [-0.05, 0) is 30.2 Å². The van der Waals surface area contributed by atoms with E-state index in [1.165, 1.54) is 6.08 Å². The molecule has 1 amide bonds. The first kappa shape index (κ1) is 17.1. The van der Waals surface area contributed by atoms with E-state index in [0.29, 0.717) is 34.7 Å². The molecule has 0 aliphatic carbocycles. The van der Waals surface area contributed by atoms with E-state index in [1.54, 1.807) is 25.1 Å². The van der Waals surface area contributed by atoms with Gasteiger partial charge in [0.2, 0.25) is 0 Å². The summed E-state index contributed by atoms with van der Waals surface area (Å²) < 4.78 is 11.3. The quantitative estimate of drug-likeness (QED) is 0.749. The summed E-state index contributed by atoms with van der Waals surface area (Å²) in [6.07, 6.45) is 2.50. The first-order valence-corrected chi connectivity index (χ1v) is 8.08. The molecular weight excluding hydrogens is 290 g/mol. The third-order valence-corrected chi connectivity index (χ3v) is 4.27. The molecule has 0 spiro atoms. The van der Waals surface area contributed by atoms with Crippen LogP contribution in [-0.2, 0) is 15.6 Å². The number of hydrogen-bond acceptors (Lipinski definition) is 3. The molecule has 0 aliphatic rings. The SMILES string of the molecule is CCS(=O)CCNC(=O)c1cccc(/C=C/C(=O)O)c1C. The first-order chi connectivity index (χ1) is 9.95. The fourth-order valence-electron chi connectivity index (χ4n) is 1.76. The van der Waals surface area contributed by atoms with Gasteiger partial charge in [0.1, 0.15) is 0 Å². The summed E-state index contributed by atoms with van der Waals surface area (Å²) in [7, 11) is -0.909. The normalized spacial score (nSPS) is 12.3. The fourth-order valence-corrected chi connectivity index (χ4v) is 2.38. The van der Waals surface area contributed by atoms with Crippen molar-refractivity contribution in [2.75, 3.05) is 18.1 Å². The van der Waals surface area contributed by atoms with Gasteiger partial charge in [-0.2, -0.15) is 0 Å². The topological polar surface area (TPSA) is 83.5 Å². The van der Waals surface area contributed by atoms with E-state index < -0.39 is 16.8 Å². The fraction of sp³-hybridized carbons (Fsp3) is 0.333. The molecule has 0 bridgehead atoms. The maximum Gasteiger partial charge on any atom is 0.328 e. The van der Waals surface area contributed by atoms with Crippen LogP contribution in [0.25, 0.3) is 6.08 Å². The summed E-state index contributed by atoms with van der Waals surface area (Å²) in [6.45, 7) is 3.95. The van der Waals surface area contributed by atoms with Crippen LogP contribution in [0.3, 0.4) is 0 Å². The second-order valence-electron chi connectivity index (χ2n) is 4.38. The minimum atomic E-state index is -1.04. The molecule has 0 aliphatic heterocycles. The molecule has 114 valence electrons. The average molecular weight is 309 g/mol. The van der Waals surface area contributed by atoms with Crippen molar-refractivity contribution in [2.24, 2.45) is 0 Å². The predicted molar refractivity (Wildman–Crippen MR) is 83.7 cm³/mol. The van der Waals surface area contributed by atoms with Crippen molar-refractivity contribution in [3.63, 3.8) is 0 Å². The van der Waals surface area contributed by atoms with Gasteiger partial charge < -0.3 is 10.4 Å². The number of amides is 1. The number of hydrogen-bond donors (Lipinski definition) is 2. The smallest absolute Gasteiger partial charge is 0.328 e. The Morgan fingerprint density at radius 3 is 2.71 bits per heavy atom. The summed E-state index contributed by atoms with van der Waals surface area (Å²) in [5.41, 5.74) is 1.89. The molecule has 1 unspecified atom stereocenters. The number of nitrogens with one attached hydrogen (secondary N) is 1. The van der Waals surface area contributed by atoms with Crippen LogP contribution in [0.2, 0.25) is 0 Å². The Morgan fingerprint density at radius 1 is 1.38 bits per heavy atom. The van der Waals surface area contributed by atoms with Gasteiger partial charge in [0, 0.05) is 40.5 Å². The van der Waals surface area contributed by atoms with Crippen molar-refractivity contribution in [3.05, 3.63) is 41.0 Å². The zero-order valence-electron chi connectivity index (χ0n) is 12.1. The number of carboxylic acids is 1. The molecule has 0 fully saturated rings. The molecule has 0 saturated carbocycles. The maximum atomic E-state index is 12.1. The van der Waals surface area contributed by atoms with Crippen molar-refractivity contribution >= 4 is 28.8 Å². The van der Waals surface area contributed by atoms with E-state index >= 15 is 0 Å². The van der Waals surface area contributed by atoms with Crippen LogP contribution < -0.4 is 5.32 Å². The molecule has 1 rings (SSSR count). The van der Waals surface area contributed by atoms with Gasteiger partial charge in [-0.1, -0.05) is 19.1 Å². The molecule has 2 N–H and O–H groups in total. The minimum absolute atomic E-state index is 0.244. The minimum Gasteiger partial charge on any atom is -0.478 e. The molecular formula is C15H19NO4S. The van der Waals surface area contributed by atoms with Crippen LogP contribution in [-0.4, -0.2) is 39.2 Å². The Kier molecular flexibility index (Phi) is 6.81. The molecule has 21 heavy (non-hydrogen) atoms. The van der Waals surface area contributed by atoms with Crippen LogP contribution in [0.4, 0.5) is 0 Å². The average Bonchev–Trinajstić information content (AvgIpc) is 2.45. The van der Waals surface area contributed by atoms with Crippen LogP contribution in [0, 0.1) is 6.92 Å². The van der Waals surface area contributed by atoms with Crippen molar-refractivity contribution in [1.82, 2.24) is 5.32 Å². The first-order valence-electron chi connectivity index (χ1n) is 6.59. The second kappa shape index (κ2) is 8.36. The van der Waals surface area contributed by atoms with E-state index in [9.17, 15) is 13.8 Å². The number of carbonyl (C=O) groups excluding carboxylic acids is 1. The number of carbonyl (C=O) groups is 2. The molecule has 5 nitrogen and oxygen atoms in total. The highest BCUT2D eigenvalue weighted by Gasteiger charge is 2.10. The lowest BCUT2D eigenvalue weighted by Crippen LogP contribution is -2.28. The third-order valence-electron chi connectivity index (χ3n) is 2.96. The van der Waals surface area contributed by atoms with Gasteiger partial charge in [0.05, 0.1) is 0 Å². The van der Waals surface area contributed by atoms with Crippen molar-refractivity contribution < 1.29 is 18.9 Å². The third kappa shape index (κ3) is 5.51. The van der Waals surface area contributed by atoms with Crippen LogP contribution in [0.15, 0.2) is 24.3 Å². The van der Waals surface area contributed by atoms with Gasteiger partial charge in [-0.3, -0.25) is 9.00 Å². The van der Waals surface area contributed by atoms with Crippen molar-refractivity contribution in [2.45, 2.75) is 13.8 Å². The van der Waals surface area contributed by atoms with Crippen LogP contribution in [0.1, 0.15) is 28.4 Å². The van der Waals surface area contributed by atoms with E-state index in [4.69, 9.17) is 5.11 Å². The van der Waals surface area contributed by atoms with Crippen molar-refractivity contribution in [1.29, 1.82) is 0 Å². The zero-order chi connectivity index (χ0) is 15.8. The molecule has 0 heterocycles. The van der Waals surface area contributed by atoms with E-state index in [2.05, 4.69) is 5.32 Å². The highest BCUT2D eigenvalue weighted by molar-refractivity contribution is 7.84. The van der Waals surface area contributed by atoms with E-state index in [-0.39, 0.29) is 5.91 Å². The molecule has 1 aromatic rings. The molecule has 0 saturated heterocycles. The summed E-state index contributed by atoms with van der Waals surface area (Å²) in [5, 5.41) is 11.4. The van der Waals surface area contributed by atoms with Gasteiger partial charge >= 0.3 is 5.97 Å². The Hall–Kier alpha value is -1.95. The largest absolute Gasteiger partial charge is 0.478 e. The number of carboxylic acid groups (broad SMARTS) is 1. The number of rotatable bonds is 7. The lowest BCUT2D eigenvalue weighted by atomic mass is 10.0. The van der Waals surface area contributed by atoms with Crippen molar-refractivity contribution in [3.8, 4) is 0 Å². The Labute approximate surface area is 126 Å². The summed E-state index contributed by atoms with van der Waals surface area (Å²) in [5.74, 6) is -0.276. The Bertz CT molecular complexity index is 581. The molecule has 1 aromatic carbocycles. The lowest BCUT2D eigenvalue weighted by Gasteiger charge is -2.09. The summed E-state index contributed by atoms with van der Waals surface area (Å²) >= 11 is 0. The number of benzene rings is 1. The molecule has 0 aromatic heterocycles. The standard InChI is InChI=1S/C15H19NO4S/c1-3-21(20)10-9-16-15(19)13-6-4-5-12(11(13)2)7-8-14(17)18/h4-8H,3,9-10H2,1-2H3,(H,16,19)(H,17,18)/b8-7+. The lowest BCUT2D eigenvalue weighted by molar-refractivity contribution is -0.131. The second-order valence-corrected chi connectivity index (χ2v) is 6.25. The molecule has 6 heteroatoms. The van der Waals surface area contributed by atoms with Gasteiger partial charge in [-0.25, -0.2) is 4.79 Å². The molecule has 0 radical (unpaired) electrons. The monoisotopic (exact) mass is 309 g/mol. The van der Waals surface area contributed by atoms with Gasteiger partial charge in [0.25, 0.3) is 5.91 Å². The zero-order valence-corrected chi connectivity index (χ0v) is 12.9. The van der Waals surface area contributed by atoms with Crippen LogP contribution >= 0.6 is 0 Å². The predicted octanol–water partition coefficient (Wildman–Crippen LogP) is 1.59. The Balaban J connectivity index is 2.78. The van der Waals surface area contributed by atoms with E-state index in [0.717, 1.165) is 6.08 Å². The highest BCUT2D eigenvalue weighted by atomic mass is 32.2. The van der Waals surface area contributed by atoms with E-state index in [1.807, 2.05) is 6.92 Å². The van der Waals surface area contributed by atoms with Crippen LogP contribution in [0.5, 0.6) is 0 Å². The maximum absolute atomic E-state index is 12.1. The Morgan fingerprint density at radius 2 is 2.10 bits per heavy atom. The molecule has 1 atom stereocenters. The number of aliphatic carboxylic acids is 1. The summed E-state index contributed by atoms with van der Waals surface area (Å²) in [4.78, 5) is 22.6. The highest BCUT2D eigenvalue weighted by Crippen LogP contribution is 2.15. The van der Waals surface area contributed by atoms with Gasteiger partial charge in [-0.15, -0.1) is 0 Å². The summed E-state index contributed by atoms with van der Waals surface area (Å²) in [6, 6.07) is 5.13.